The lowest BCUT2D eigenvalue weighted by molar-refractivity contribution is 0.414. The molecule has 0 heterocycles. The van der Waals surface area contributed by atoms with Crippen LogP contribution in [0.5, 0.6) is 5.75 Å². The molecular formula is C20H26N2O. The second-order valence-electron chi connectivity index (χ2n) is 6.32. The minimum Gasteiger partial charge on any atom is -0.496 e. The first-order valence-electron chi connectivity index (χ1n) is 8.07. The highest BCUT2D eigenvalue weighted by Crippen LogP contribution is 2.33. The molecule has 0 radical (unpaired) electrons. The van der Waals surface area contributed by atoms with Gasteiger partial charge in [0.15, 0.2) is 0 Å². The molecule has 3 heteroatoms. The summed E-state index contributed by atoms with van der Waals surface area (Å²) in [5.74, 6) is 1.85. The van der Waals surface area contributed by atoms with Crippen LogP contribution in [0.3, 0.4) is 0 Å². The van der Waals surface area contributed by atoms with Gasteiger partial charge in [-0.05, 0) is 35.1 Å². The van der Waals surface area contributed by atoms with E-state index in [0.29, 0.717) is 23.4 Å². The van der Waals surface area contributed by atoms with Gasteiger partial charge in [-0.15, -0.1) is 0 Å². The highest BCUT2D eigenvalue weighted by atomic mass is 16.5. The summed E-state index contributed by atoms with van der Waals surface area (Å²) in [6.07, 6.45) is 0. The first-order chi connectivity index (χ1) is 11.0. The van der Waals surface area contributed by atoms with E-state index in [-0.39, 0.29) is 0 Å². The van der Waals surface area contributed by atoms with Gasteiger partial charge < -0.3 is 10.1 Å². The van der Waals surface area contributed by atoms with Crippen molar-refractivity contribution in [1.82, 2.24) is 0 Å². The zero-order valence-corrected chi connectivity index (χ0v) is 14.6. The molecule has 2 rings (SSSR count). The van der Waals surface area contributed by atoms with Crippen LogP contribution in [0.2, 0.25) is 0 Å². The molecule has 122 valence electrons. The van der Waals surface area contributed by atoms with E-state index in [1.165, 1.54) is 11.1 Å². The fourth-order valence-corrected chi connectivity index (χ4v) is 2.74. The quantitative estimate of drug-likeness (QED) is 0.575. The Morgan fingerprint density at radius 1 is 0.913 bits per heavy atom. The van der Waals surface area contributed by atoms with Crippen LogP contribution in [0.1, 0.15) is 56.2 Å². The van der Waals surface area contributed by atoms with Gasteiger partial charge in [0, 0.05) is 5.69 Å². The number of hydrogen-bond donors (Lipinski definition) is 2. The van der Waals surface area contributed by atoms with Crippen LogP contribution in [-0.2, 0) is 0 Å². The number of methoxy groups -OCH3 is 1. The van der Waals surface area contributed by atoms with Crippen molar-refractivity contribution in [2.24, 2.45) is 0 Å². The van der Waals surface area contributed by atoms with Crippen molar-refractivity contribution in [1.29, 1.82) is 5.41 Å². The maximum atomic E-state index is 8.50. The molecule has 0 spiro atoms. The summed E-state index contributed by atoms with van der Waals surface area (Å²) in [5, 5.41) is 11.8. The summed E-state index contributed by atoms with van der Waals surface area (Å²) in [4.78, 5) is 0. The Balaban J connectivity index is 2.44. The first-order valence-corrected chi connectivity index (χ1v) is 8.07. The van der Waals surface area contributed by atoms with Gasteiger partial charge >= 0.3 is 0 Å². The number of amidine groups is 1. The zero-order valence-electron chi connectivity index (χ0n) is 14.6. The molecule has 2 aromatic rings. The fraction of sp³-hybridized carbons (Fsp3) is 0.350. The standard InChI is InChI=1S/C20H26N2O/c1-13(2)15-10-8-11-16(14(3)4)19(15)22-20(21)17-9-6-7-12-18(17)23-5/h6-14H,1-5H3,(H2,21,22). The van der Waals surface area contributed by atoms with Crippen LogP contribution in [0.25, 0.3) is 0 Å². The molecule has 2 N–H and O–H groups in total. The number of para-hydroxylation sites is 2. The van der Waals surface area contributed by atoms with E-state index < -0.39 is 0 Å². The van der Waals surface area contributed by atoms with Crippen molar-refractivity contribution in [2.45, 2.75) is 39.5 Å². The molecule has 3 nitrogen and oxygen atoms in total. The molecule has 2 aromatic carbocycles. The maximum absolute atomic E-state index is 8.50. The number of rotatable bonds is 5. The number of ether oxygens (including phenoxy) is 1. The highest BCUT2D eigenvalue weighted by molar-refractivity contribution is 6.08. The van der Waals surface area contributed by atoms with Gasteiger partial charge in [0.05, 0.1) is 12.7 Å². The van der Waals surface area contributed by atoms with Crippen molar-refractivity contribution < 1.29 is 4.74 Å². The fourth-order valence-electron chi connectivity index (χ4n) is 2.74. The van der Waals surface area contributed by atoms with E-state index in [1.807, 2.05) is 24.3 Å². The lowest BCUT2D eigenvalue weighted by Gasteiger charge is -2.21. The summed E-state index contributed by atoms with van der Waals surface area (Å²) in [6.45, 7) is 8.71. The van der Waals surface area contributed by atoms with Crippen molar-refractivity contribution in [3.63, 3.8) is 0 Å². The first kappa shape index (κ1) is 17.1. The van der Waals surface area contributed by atoms with Crippen molar-refractivity contribution in [3.05, 3.63) is 59.2 Å². The average Bonchev–Trinajstić information content (AvgIpc) is 2.54. The minimum absolute atomic E-state index is 0.359. The number of benzene rings is 2. The molecule has 0 atom stereocenters. The normalized spacial score (nSPS) is 10.9. The Kier molecular flexibility index (Phi) is 5.43. The van der Waals surface area contributed by atoms with Gasteiger partial charge in [0.1, 0.15) is 11.6 Å². The summed E-state index contributed by atoms with van der Waals surface area (Å²) in [6, 6.07) is 14.0. The molecule has 0 fully saturated rings. The van der Waals surface area contributed by atoms with Crippen LogP contribution in [0.15, 0.2) is 42.5 Å². The average molecular weight is 310 g/mol. The Hall–Kier alpha value is -2.29. The van der Waals surface area contributed by atoms with Crippen LogP contribution < -0.4 is 10.1 Å². The number of anilines is 1. The van der Waals surface area contributed by atoms with E-state index in [4.69, 9.17) is 10.1 Å². The van der Waals surface area contributed by atoms with E-state index in [2.05, 4.69) is 51.2 Å². The smallest absolute Gasteiger partial charge is 0.133 e. The van der Waals surface area contributed by atoms with Gasteiger partial charge in [-0.25, -0.2) is 0 Å². The Morgan fingerprint density at radius 3 is 2.00 bits per heavy atom. The SMILES string of the molecule is COc1ccccc1C(=N)Nc1c(C(C)C)cccc1C(C)C. The van der Waals surface area contributed by atoms with Gasteiger partial charge in [-0.1, -0.05) is 58.0 Å². The van der Waals surface area contributed by atoms with Gasteiger partial charge in [-0.3, -0.25) is 5.41 Å². The minimum atomic E-state index is 0.359. The molecular weight excluding hydrogens is 284 g/mol. The maximum Gasteiger partial charge on any atom is 0.133 e. The molecule has 23 heavy (non-hydrogen) atoms. The molecule has 0 aliphatic rings. The summed E-state index contributed by atoms with van der Waals surface area (Å²) >= 11 is 0. The monoisotopic (exact) mass is 310 g/mol. The van der Waals surface area contributed by atoms with Gasteiger partial charge in [-0.2, -0.15) is 0 Å². The molecule has 0 aliphatic carbocycles. The van der Waals surface area contributed by atoms with Gasteiger partial charge in [0.2, 0.25) is 0 Å². The van der Waals surface area contributed by atoms with Crippen molar-refractivity contribution in [2.75, 3.05) is 12.4 Å². The predicted molar refractivity (Wildman–Crippen MR) is 98.1 cm³/mol. The number of hydrogen-bond acceptors (Lipinski definition) is 2. The molecule has 0 aliphatic heterocycles. The second-order valence-corrected chi connectivity index (χ2v) is 6.32. The Labute approximate surface area is 139 Å². The lowest BCUT2D eigenvalue weighted by Crippen LogP contribution is -2.16. The molecule has 0 bridgehead atoms. The lowest BCUT2D eigenvalue weighted by atomic mass is 9.92. The molecule has 0 unspecified atom stereocenters. The van der Waals surface area contributed by atoms with Crippen molar-refractivity contribution in [3.8, 4) is 5.75 Å². The van der Waals surface area contributed by atoms with Crippen molar-refractivity contribution >= 4 is 11.5 Å². The topological polar surface area (TPSA) is 45.1 Å². The third kappa shape index (κ3) is 3.73. The summed E-state index contributed by atoms with van der Waals surface area (Å²) in [5.41, 5.74) is 4.28. The van der Waals surface area contributed by atoms with Crippen LogP contribution >= 0.6 is 0 Å². The van der Waals surface area contributed by atoms with Crippen LogP contribution in [0, 0.1) is 5.41 Å². The highest BCUT2D eigenvalue weighted by Gasteiger charge is 2.16. The van der Waals surface area contributed by atoms with Crippen LogP contribution in [-0.4, -0.2) is 12.9 Å². The van der Waals surface area contributed by atoms with Gasteiger partial charge in [0.25, 0.3) is 0 Å². The molecule has 0 saturated heterocycles. The summed E-state index contributed by atoms with van der Waals surface area (Å²) in [7, 11) is 1.63. The van der Waals surface area contributed by atoms with E-state index in [0.717, 1.165) is 11.3 Å². The van der Waals surface area contributed by atoms with E-state index >= 15 is 0 Å². The third-order valence-electron chi connectivity index (χ3n) is 4.00. The van der Waals surface area contributed by atoms with E-state index in [9.17, 15) is 0 Å². The third-order valence-corrected chi connectivity index (χ3v) is 4.00. The summed E-state index contributed by atoms with van der Waals surface area (Å²) < 4.78 is 5.38. The second kappa shape index (κ2) is 7.32. The molecule has 0 saturated carbocycles. The zero-order chi connectivity index (χ0) is 17.0. The van der Waals surface area contributed by atoms with Crippen LogP contribution in [0.4, 0.5) is 5.69 Å². The van der Waals surface area contributed by atoms with E-state index in [1.54, 1.807) is 7.11 Å². The molecule has 0 amide bonds. The largest absolute Gasteiger partial charge is 0.496 e. The predicted octanol–water partition coefficient (Wildman–Crippen LogP) is 5.38. The Morgan fingerprint density at radius 2 is 1.48 bits per heavy atom. The Bertz CT molecular complexity index is 664. The number of nitrogens with one attached hydrogen (secondary N) is 2. The molecule has 0 aromatic heterocycles.